The van der Waals surface area contributed by atoms with E-state index in [4.69, 9.17) is 9.47 Å². The van der Waals surface area contributed by atoms with Crippen molar-refractivity contribution in [3.05, 3.63) is 0 Å². The van der Waals surface area contributed by atoms with Gasteiger partial charge < -0.3 is 19.7 Å². The summed E-state index contributed by atoms with van der Waals surface area (Å²) in [5.74, 6) is 0.476. The summed E-state index contributed by atoms with van der Waals surface area (Å²) in [6, 6.07) is 0.120. The van der Waals surface area contributed by atoms with E-state index in [2.05, 4.69) is 5.32 Å². The molecule has 21 heavy (non-hydrogen) atoms. The maximum atomic E-state index is 12.1. The summed E-state index contributed by atoms with van der Waals surface area (Å²) in [6.45, 7) is 7.63. The molecule has 2 fully saturated rings. The zero-order chi connectivity index (χ0) is 15.5. The van der Waals surface area contributed by atoms with Crippen LogP contribution in [0.2, 0.25) is 0 Å². The topological polar surface area (TPSA) is 67.9 Å². The summed E-state index contributed by atoms with van der Waals surface area (Å²) < 4.78 is 10.3. The Bertz CT molecular complexity index is 392. The predicted molar refractivity (Wildman–Crippen MR) is 78.0 cm³/mol. The number of alkyl carbamates (subject to hydrolysis) is 1. The minimum atomic E-state index is -0.449. The van der Waals surface area contributed by atoms with Gasteiger partial charge in [0.15, 0.2) is 0 Å². The molecule has 2 rings (SSSR count). The maximum absolute atomic E-state index is 12.1. The van der Waals surface area contributed by atoms with Crippen molar-refractivity contribution in [1.82, 2.24) is 10.2 Å². The molecule has 0 bridgehead atoms. The van der Waals surface area contributed by atoms with E-state index in [9.17, 15) is 9.59 Å². The third-order valence-electron chi connectivity index (χ3n) is 3.83. The van der Waals surface area contributed by atoms with Gasteiger partial charge in [0, 0.05) is 13.1 Å². The first-order valence-corrected chi connectivity index (χ1v) is 7.75. The SMILES string of the molecule is CC(C)(C)OC(=O)N1CCCC(CCC2COC(=O)N2)C1. The number of piperidine rings is 1. The van der Waals surface area contributed by atoms with Crippen LogP contribution < -0.4 is 5.32 Å². The fraction of sp³-hybridized carbons (Fsp3) is 0.867. The molecule has 2 aliphatic heterocycles. The quantitative estimate of drug-likeness (QED) is 0.869. The van der Waals surface area contributed by atoms with Crippen molar-refractivity contribution in [1.29, 1.82) is 0 Å². The first-order valence-electron chi connectivity index (χ1n) is 7.75. The highest BCUT2D eigenvalue weighted by atomic mass is 16.6. The molecule has 2 aliphatic rings. The number of carbonyl (C=O) groups excluding carboxylic acids is 2. The first kappa shape index (κ1) is 15.9. The first-order chi connectivity index (χ1) is 9.83. The zero-order valence-corrected chi connectivity index (χ0v) is 13.2. The van der Waals surface area contributed by atoms with Crippen LogP contribution in [-0.2, 0) is 9.47 Å². The fourth-order valence-corrected chi connectivity index (χ4v) is 2.81. The summed E-state index contributed by atoms with van der Waals surface area (Å²) in [5.41, 5.74) is -0.449. The molecule has 2 amide bonds. The average molecular weight is 298 g/mol. The molecule has 0 aromatic rings. The second kappa shape index (κ2) is 6.54. The van der Waals surface area contributed by atoms with Gasteiger partial charge in [-0.2, -0.15) is 0 Å². The molecule has 0 aliphatic carbocycles. The Balaban J connectivity index is 1.75. The van der Waals surface area contributed by atoms with Crippen molar-refractivity contribution in [2.45, 2.75) is 58.1 Å². The third-order valence-corrected chi connectivity index (χ3v) is 3.83. The number of nitrogens with zero attached hydrogens (tertiary/aromatic N) is 1. The van der Waals surface area contributed by atoms with Gasteiger partial charge in [-0.05, 0) is 52.4 Å². The lowest BCUT2D eigenvalue weighted by molar-refractivity contribution is 0.0159. The van der Waals surface area contributed by atoms with Crippen LogP contribution in [0.4, 0.5) is 9.59 Å². The van der Waals surface area contributed by atoms with Crippen LogP contribution in [0.25, 0.3) is 0 Å². The van der Waals surface area contributed by atoms with Crippen LogP contribution in [0.15, 0.2) is 0 Å². The zero-order valence-electron chi connectivity index (χ0n) is 13.2. The molecular formula is C15H26N2O4. The Morgan fingerprint density at radius 3 is 2.81 bits per heavy atom. The van der Waals surface area contributed by atoms with Crippen molar-refractivity contribution < 1.29 is 19.1 Å². The van der Waals surface area contributed by atoms with Crippen molar-refractivity contribution in [3.8, 4) is 0 Å². The second-order valence-corrected chi connectivity index (χ2v) is 6.95. The highest BCUT2D eigenvalue weighted by molar-refractivity contribution is 5.69. The number of carbonyl (C=O) groups is 2. The van der Waals surface area contributed by atoms with Crippen molar-refractivity contribution >= 4 is 12.2 Å². The Kier molecular flexibility index (Phi) is 4.96. The van der Waals surface area contributed by atoms with Crippen molar-refractivity contribution in [3.63, 3.8) is 0 Å². The summed E-state index contributed by atoms with van der Waals surface area (Å²) in [4.78, 5) is 24.9. The molecule has 2 saturated heterocycles. The lowest BCUT2D eigenvalue weighted by Crippen LogP contribution is -2.43. The van der Waals surface area contributed by atoms with Gasteiger partial charge in [-0.3, -0.25) is 0 Å². The van der Waals surface area contributed by atoms with Crippen LogP contribution in [0.1, 0.15) is 46.5 Å². The van der Waals surface area contributed by atoms with Gasteiger partial charge >= 0.3 is 12.2 Å². The molecule has 0 aromatic carbocycles. The minimum Gasteiger partial charge on any atom is -0.447 e. The summed E-state index contributed by atoms with van der Waals surface area (Å²) in [5, 5.41) is 2.79. The number of cyclic esters (lactones) is 1. The number of likely N-dealkylation sites (tertiary alicyclic amines) is 1. The van der Waals surface area contributed by atoms with Crippen LogP contribution in [-0.4, -0.2) is 48.4 Å². The molecule has 120 valence electrons. The van der Waals surface area contributed by atoms with E-state index in [1.54, 1.807) is 0 Å². The second-order valence-electron chi connectivity index (χ2n) is 6.95. The molecule has 0 radical (unpaired) electrons. The highest BCUT2D eigenvalue weighted by Crippen LogP contribution is 2.24. The van der Waals surface area contributed by atoms with Gasteiger partial charge in [-0.1, -0.05) is 0 Å². The fourth-order valence-electron chi connectivity index (χ4n) is 2.81. The number of hydrogen-bond acceptors (Lipinski definition) is 4. The largest absolute Gasteiger partial charge is 0.447 e. The number of ether oxygens (including phenoxy) is 2. The van der Waals surface area contributed by atoms with Gasteiger partial charge in [0.2, 0.25) is 0 Å². The van der Waals surface area contributed by atoms with E-state index < -0.39 is 5.60 Å². The lowest BCUT2D eigenvalue weighted by Gasteiger charge is -2.34. The normalized spacial score (nSPS) is 26.2. The number of rotatable bonds is 3. The van der Waals surface area contributed by atoms with Gasteiger partial charge in [0.1, 0.15) is 12.2 Å². The summed E-state index contributed by atoms with van der Waals surface area (Å²) >= 11 is 0. The molecule has 0 aromatic heterocycles. The van der Waals surface area contributed by atoms with E-state index in [0.717, 1.165) is 38.8 Å². The molecule has 6 nitrogen and oxygen atoms in total. The van der Waals surface area contributed by atoms with Crippen LogP contribution in [0.5, 0.6) is 0 Å². The maximum Gasteiger partial charge on any atom is 0.410 e. The van der Waals surface area contributed by atoms with Gasteiger partial charge in [-0.15, -0.1) is 0 Å². The summed E-state index contributed by atoms with van der Waals surface area (Å²) in [7, 11) is 0. The molecule has 2 atom stereocenters. The van der Waals surface area contributed by atoms with E-state index in [1.165, 1.54) is 0 Å². The van der Waals surface area contributed by atoms with E-state index in [-0.39, 0.29) is 18.2 Å². The standard InChI is InChI=1S/C15H26N2O4/c1-15(2,3)21-14(19)17-8-4-5-11(9-17)6-7-12-10-20-13(18)16-12/h11-12H,4-10H2,1-3H3,(H,16,18). The predicted octanol–water partition coefficient (Wildman–Crippen LogP) is 2.52. The van der Waals surface area contributed by atoms with Crippen LogP contribution >= 0.6 is 0 Å². The van der Waals surface area contributed by atoms with Crippen LogP contribution in [0.3, 0.4) is 0 Å². The highest BCUT2D eigenvalue weighted by Gasteiger charge is 2.29. The van der Waals surface area contributed by atoms with E-state index in [1.807, 2.05) is 25.7 Å². The van der Waals surface area contributed by atoms with Gasteiger partial charge in [0.05, 0.1) is 6.04 Å². The number of hydrogen-bond donors (Lipinski definition) is 1. The van der Waals surface area contributed by atoms with Crippen molar-refractivity contribution in [2.24, 2.45) is 5.92 Å². The molecule has 0 saturated carbocycles. The van der Waals surface area contributed by atoms with E-state index >= 15 is 0 Å². The summed E-state index contributed by atoms with van der Waals surface area (Å²) in [6.07, 6.45) is 3.49. The monoisotopic (exact) mass is 298 g/mol. The Morgan fingerprint density at radius 2 is 2.19 bits per heavy atom. The Hall–Kier alpha value is -1.46. The van der Waals surface area contributed by atoms with E-state index in [0.29, 0.717) is 12.5 Å². The smallest absolute Gasteiger partial charge is 0.410 e. The number of amides is 2. The minimum absolute atomic E-state index is 0.120. The Labute approximate surface area is 126 Å². The Morgan fingerprint density at radius 1 is 1.43 bits per heavy atom. The number of nitrogens with one attached hydrogen (secondary N) is 1. The average Bonchev–Trinajstić information content (AvgIpc) is 2.81. The molecular weight excluding hydrogens is 272 g/mol. The molecule has 2 unspecified atom stereocenters. The molecule has 6 heteroatoms. The van der Waals surface area contributed by atoms with Gasteiger partial charge in [0.25, 0.3) is 0 Å². The van der Waals surface area contributed by atoms with Crippen molar-refractivity contribution in [2.75, 3.05) is 19.7 Å². The van der Waals surface area contributed by atoms with Gasteiger partial charge in [-0.25, -0.2) is 9.59 Å². The molecule has 1 N–H and O–H groups in total. The molecule has 2 heterocycles. The third kappa shape index (κ3) is 5.10. The lowest BCUT2D eigenvalue weighted by atomic mass is 9.92. The van der Waals surface area contributed by atoms with Crippen LogP contribution in [0, 0.1) is 5.92 Å². The molecule has 0 spiro atoms.